The van der Waals surface area contributed by atoms with Crippen LogP contribution in [0.1, 0.15) is 13.8 Å². The third-order valence-corrected chi connectivity index (χ3v) is 3.42. The van der Waals surface area contributed by atoms with Crippen LogP contribution in [-0.4, -0.2) is 17.2 Å². The fourth-order valence-corrected chi connectivity index (χ4v) is 2.50. The van der Waals surface area contributed by atoms with Gasteiger partial charge in [-0.2, -0.15) is 4.37 Å². The van der Waals surface area contributed by atoms with Crippen LogP contribution < -0.4 is 11.1 Å². The molecule has 1 rings (SSSR count). The summed E-state index contributed by atoms with van der Waals surface area (Å²) in [6.45, 7) is 4.99. The van der Waals surface area contributed by atoms with Crippen LogP contribution in [0, 0.1) is 0 Å². The van der Waals surface area contributed by atoms with Gasteiger partial charge in [0.25, 0.3) is 0 Å². The van der Waals surface area contributed by atoms with Crippen LogP contribution in [-0.2, 0) is 0 Å². The SMILES string of the molecule is CSc1c(N)nsc1NCC=C(C)C. The number of anilines is 2. The molecule has 0 aliphatic heterocycles. The Morgan fingerprint density at radius 2 is 2.36 bits per heavy atom. The summed E-state index contributed by atoms with van der Waals surface area (Å²) in [6.07, 6.45) is 4.15. The van der Waals surface area contributed by atoms with Gasteiger partial charge in [-0.25, -0.2) is 0 Å². The van der Waals surface area contributed by atoms with E-state index in [-0.39, 0.29) is 0 Å². The molecule has 0 aliphatic carbocycles. The highest BCUT2D eigenvalue weighted by atomic mass is 32.2. The number of hydrogen-bond acceptors (Lipinski definition) is 5. The normalized spacial score (nSPS) is 9.93. The van der Waals surface area contributed by atoms with Crippen molar-refractivity contribution in [3.63, 3.8) is 0 Å². The Morgan fingerprint density at radius 1 is 1.64 bits per heavy atom. The molecule has 78 valence electrons. The lowest BCUT2D eigenvalue weighted by atomic mass is 10.3. The predicted octanol–water partition coefficient (Wildman–Crippen LogP) is 2.83. The van der Waals surface area contributed by atoms with Crippen molar-refractivity contribution < 1.29 is 0 Å². The molecule has 0 saturated carbocycles. The van der Waals surface area contributed by atoms with E-state index in [4.69, 9.17) is 5.73 Å². The van der Waals surface area contributed by atoms with E-state index < -0.39 is 0 Å². The molecule has 3 nitrogen and oxygen atoms in total. The van der Waals surface area contributed by atoms with E-state index >= 15 is 0 Å². The third kappa shape index (κ3) is 2.92. The molecule has 0 radical (unpaired) electrons. The van der Waals surface area contributed by atoms with Crippen molar-refractivity contribution in [3.8, 4) is 0 Å². The number of rotatable bonds is 4. The zero-order valence-corrected chi connectivity index (χ0v) is 10.3. The fraction of sp³-hybridized carbons (Fsp3) is 0.444. The van der Waals surface area contributed by atoms with Gasteiger partial charge in [-0.3, -0.25) is 0 Å². The number of nitrogens with one attached hydrogen (secondary N) is 1. The molecular weight excluding hydrogens is 214 g/mol. The highest BCUT2D eigenvalue weighted by Gasteiger charge is 2.08. The molecule has 0 atom stereocenters. The Hall–Kier alpha value is -0.680. The topological polar surface area (TPSA) is 50.9 Å². The van der Waals surface area contributed by atoms with Crippen LogP contribution in [0.4, 0.5) is 10.8 Å². The second-order valence-corrected chi connectivity index (χ2v) is 4.68. The Morgan fingerprint density at radius 3 is 2.93 bits per heavy atom. The summed E-state index contributed by atoms with van der Waals surface area (Å²) in [6, 6.07) is 0. The molecule has 5 heteroatoms. The van der Waals surface area contributed by atoms with Gasteiger partial charge in [0, 0.05) is 6.54 Å². The van der Waals surface area contributed by atoms with Crippen molar-refractivity contribution in [2.75, 3.05) is 23.9 Å². The van der Waals surface area contributed by atoms with Crippen LogP contribution in [0.2, 0.25) is 0 Å². The van der Waals surface area contributed by atoms with Crippen LogP contribution in [0.15, 0.2) is 16.5 Å². The fourth-order valence-electron chi connectivity index (χ4n) is 0.952. The molecule has 1 heterocycles. The van der Waals surface area contributed by atoms with Gasteiger partial charge in [0.15, 0.2) is 5.82 Å². The first-order chi connectivity index (χ1) is 6.65. The number of nitrogen functional groups attached to an aromatic ring is 1. The first-order valence-electron chi connectivity index (χ1n) is 4.31. The third-order valence-electron chi connectivity index (χ3n) is 1.65. The second kappa shape index (κ2) is 5.26. The highest BCUT2D eigenvalue weighted by Crippen LogP contribution is 2.34. The Labute approximate surface area is 92.9 Å². The van der Waals surface area contributed by atoms with E-state index in [0.29, 0.717) is 5.82 Å². The van der Waals surface area contributed by atoms with Gasteiger partial charge >= 0.3 is 0 Å². The van der Waals surface area contributed by atoms with E-state index in [1.165, 1.54) is 17.1 Å². The number of hydrogen-bond donors (Lipinski definition) is 2. The number of nitrogens with zero attached hydrogens (tertiary/aromatic N) is 1. The van der Waals surface area contributed by atoms with Gasteiger partial charge in [0.1, 0.15) is 5.00 Å². The summed E-state index contributed by atoms with van der Waals surface area (Å²) in [7, 11) is 0. The molecule has 0 unspecified atom stereocenters. The molecular formula is C9H15N3S2. The van der Waals surface area contributed by atoms with Gasteiger partial charge in [-0.1, -0.05) is 11.6 Å². The molecule has 0 saturated heterocycles. The number of allylic oxidation sites excluding steroid dienone is 1. The Kier molecular flexibility index (Phi) is 4.28. The zero-order chi connectivity index (χ0) is 10.6. The number of nitrogens with two attached hydrogens (primary N) is 1. The Bertz CT molecular complexity index is 327. The van der Waals surface area contributed by atoms with Crippen molar-refractivity contribution in [2.45, 2.75) is 18.7 Å². The first kappa shape index (κ1) is 11.4. The summed E-state index contributed by atoms with van der Waals surface area (Å²) >= 11 is 3.04. The molecule has 0 aromatic carbocycles. The lowest BCUT2D eigenvalue weighted by molar-refractivity contribution is 1.26. The second-order valence-electron chi connectivity index (χ2n) is 3.09. The average Bonchev–Trinajstić information content (AvgIpc) is 2.46. The van der Waals surface area contributed by atoms with E-state index in [9.17, 15) is 0 Å². The quantitative estimate of drug-likeness (QED) is 0.616. The minimum Gasteiger partial charge on any atom is -0.382 e. The van der Waals surface area contributed by atoms with Gasteiger partial charge < -0.3 is 11.1 Å². The van der Waals surface area contributed by atoms with E-state index in [1.807, 2.05) is 6.26 Å². The average molecular weight is 229 g/mol. The molecule has 0 spiro atoms. The molecule has 0 fully saturated rings. The lowest BCUT2D eigenvalue weighted by Gasteiger charge is -2.02. The van der Waals surface area contributed by atoms with Crippen molar-refractivity contribution in [3.05, 3.63) is 11.6 Å². The summed E-state index contributed by atoms with van der Waals surface area (Å²) in [5, 5.41) is 4.36. The molecule has 1 aromatic rings. The summed E-state index contributed by atoms with van der Waals surface area (Å²) in [4.78, 5) is 1.05. The van der Waals surface area contributed by atoms with Crippen molar-refractivity contribution >= 4 is 34.1 Å². The maximum Gasteiger partial charge on any atom is 0.153 e. The monoisotopic (exact) mass is 229 g/mol. The van der Waals surface area contributed by atoms with E-state index in [1.54, 1.807) is 11.8 Å². The van der Waals surface area contributed by atoms with E-state index in [2.05, 4.69) is 29.6 Å². The van der Waals surface area contributed by atoms with Crippen molar-refractivity contribution in [1.82, 2.24) is 4.37 Å². The summed E-state index contributed by atoms with van der Waals surface area (Å²) in [5.41, 5.74) is 7.01. The molecule has 3 N–H and O–H groups in total. The number of thioether (sulfide) groups is 1. The molecule has 1 aromatic heterocycles. The van der Waals surface area contributed by atoms with Gasteiger partial charge in [0.05, 0.1) is 4.90 Å². The summed E-state index contributed by atoms with van der Waals surface area (Å²) in [5.74, 6) is 0.627. The van der Waals surface area contributed by atoms with Crippen LogP contribution in [0.5, 0.6) is 0 Å². The molecule has 0 amide bonds. The lowest BCUT2D eigenvalue weighted by Crippen LogP contribution is -1.98. The first-order valence-corrected chi connectivity index (χ1v) is 6.31. The van der Waals surface area contributed by atoms with Gasteiger partial charge in [0.2, 0.25) is 0 Å². The highest BCUT2D eigenvalue weighted by molar-refractivity contribution is 7.99. The largest absolute Gasteiger partial charge is 0.382 e. The van der Waals surface area contributed by atoms with Crippen LogP contribution in [0.3, 0.4) is 0 Å². The van der Waals surface area contributed by atoms with Gasteiger partial charge in [-0.15, -0.1) is 11.8 Å². The molecule has 14 heavy (non-hydrogen) atoms. The summed E-state index contributed by atoms with van der Waals surface area (Å²) < 4.78 is 4.10. The van der Waals surface area contributed by atoms with Crippen molar-refractivity contribution in [1.29, 1.82) is 0 Å². The standard InChI is InChI=1S/C9H15N3S2/c1-6(2)4-5-11-9-7(13-3)8(10)12-14-9/h4,11H,5H2,1-3H3,(H2,10,12). The van der Waals surface area contributed by atoms with Crippen LogP contribution in [0.25, 0.3) is 0 Å². The smallest absolute Gasteiger partial charge is 0.153 e. The van der Waals surface area contributed by atoms with Crippen LogP contribution >= 0.6 is 23.3 Å². The van der Waals surface area contributed by atoms with Crippen molar-refractivity contribution in [2.24, 2.45) is 0 Å². The van der Waals surface area contributed by atoms with E-state index in [0.717, 1.165) is 16.4 Å². The number of aromatic nitrogens is 1. The zero-order valence-electron chi connectivity index (χ0n) is 8.63. The maximum atomic E-state index is 5.71. The molecule has 0 bridgehead atoms. The van der Waals surface area contributed by atoms with Gasteiger partial charge in [-0.05, 0) is 31.6 Å². The molecule has 0 aliphatic rings. The minimum absolute atomic E-state index is 0.627. The Balaban J connectivity index is 2.63. The minimum atomic E-state index is 0.627. The predicted molar refractivity (Wildman–Crippen MR) is 66.2 cm³/mol. The maximum absolute atomic E-state index is 5.71.